The van der Waals surface area contributed by atoms with Crippen LogP contribution in [-0.4, -0.2) is 44.7 Å². The smallest absolute Gasteiger partial charge is 0.303 e. The third-order valence-corrected chi connectivity index (χ3v) is 7.94. The molecule has 1 heterocycles. The molecule has 15 heteroatoms. The highest BCUT2D eigenvalue weighted by Crippen LogP contribution is 2.40. The number of nitrogens with one attached hydrogen (secondary N) is 1. The first kappa shape index (κ1) is 39.2. The largest absolute Gasteiger partial charge is 0.506 e. The predicted octanol–water partition coefficient (Wildman–Crippen LogP) is 2.34. The van der Waals surface area contributed by atoms with Crippen LogP contribution in [0.5, 0.6) is 17.2 Å². The summed E-state index contributed by atoms with van der Waals surface area (Å²) in [6.45, 7) is -0.142. The lowest BCUT2D eigenvalue weighted by atomic mass is 10.0. The first-order valence-electron chi connectivity index (χ1n) is 14.7. The molecule has 0 saturated carbocycles. The molecular formula is C40H18N6O7S2. The summed E-state index contributed by atoms with van der Waals surface area (Å²) in [5.41, 5.74) is 5.85. The number of fused-ring (bicyclic) bond motifs is 1. The van der Waals surface area contributed by atoms with Crippen molar-refractivity contribution in [2.45, 2.75) is 17.6 Å². The van der Waals surface area contributed by atoms with Crippen molar-refractivity contribution >= 4 is 44.2 Å². The minimum atomic E-state index is -4.37. The Balaban J connectivity index is 1.61. The number of amides is 1. The number of primary amides is 1. The van der Waals surface area contributed by atoms with E-state index in [0.717, 1.165) is 0 Å². The number of terminal acetylenes is 1. The highest BCUT2D eigenvalue weighted by Gasteiger charge is 2.19. The van der Waals surface area contributed by atoms with Gasteiger partial charge in [-0.1, -0.05) is 42.1 Å². The number of thioether (sulfide) groups is 1. The standard InChI is InChI=1S/C40H18N6O7S2/c1-2-3-4-5-6-7-8-9-10-11-12-13-14-19-26-55(50,51)43-35-27-31(29-54-40-42-44-45-46(40)30-52-25-18-17-24-47)22-23-36(35)53-37-28-34(39(41)49)38(48)33-21-16-15-20-32(33)37/h1,15-16,20-23,27-28,43,47-48H,29-30H2,(H2,41,49). The second kappa shape index (κ2) is 20.3. The number of tetrazole rings is 1. The Labute approximate surface area is 319 Å². The van der Waals surface area contributed by atoms with Crippen LogP contribution in [0.3, 0.4) is 0 Å². The van der Waals surface area contributed by atoms with Crippen molar-refractivity contribution in [1.82, 2.24) is 20.2 Å². The Morgan fingerprint density at radius 2 is 1.53 bits per heavy atom. The van der Waals surface area contributed by atoms with Crippen molar-refractivity contribution in [2.75, 3.05) is 4.72 Å². The lowest BCUT2D eigenvalue weighted by Crippen LogP contribution is -2.12. The molecular weight excluding hydrogens is 741 g/mol. The number of sulfonamides is 1. The quantitative estimate of drug-likeness (QED) is 0.137. The SMILES string of the molecule is C#CC#CC#CC#CC#CC#CC#CC#CS(=O)(=O)Nc1cc(CSc2nnnn2COC#CC#CO)ccc1Oc1cc(C(N)=O)c(O)c2ccccc12. The molecule has 4 aromatic rings. The van der Waals surface area contributed by atoms with Crippen molar-refractivity contribution in [2.24, 2.45) is 5.73 Å². The van der Waals surface area contributed by atoms with Gasteiger partial charge in [0.2, 0.25) is 5.16 Å². The summed E-state index contributed by atoms with van der Waals surface area (Å²) in [5, 5.41) is 33.7. The van der Waals surface area contributed by atoms with Crippen molar-refractivity contribution in [3.05, 3.63) is 59.7 Å². The van der Waals surface area contributed by atoms with Gasteiger partial charge in [-0.2, -0.15) is 13.1 Å². The maximum absolute atomic E-state index is 13.1. The van der Waals surface area contributed by atoms with E-state index in [-0.39, 0.29) is 46.4 Å². The Morgan fingerprint density at radius 3 is 2.18 bits per heavy atom. The van der Waals surface area contributed by atoms with Crippen LogP contribution in [0.1, 0.15) is 15.9 Å². The zero-order valence-electron chi connectivity index (χ0n) is 27.7. The van der Waals surface area contributed by atoms with Crippen LogP contribution in [0.15, 0.2) is 53.7 Å². The van der Waals surface area contributed by atoms with E-state index in [1.807, 2.05) is 0 Å². The molecule has 0 bridgehead atoms. The molecule has 0 saturated heterocycles. The average molecular weight is 759 g/mol. The van der Waals surface area contributed by atoms with Crippen LogP contribution in [0.2, 0.25) is 0 Å². The second-order valence-corrected chi connectivity index (χ2v) is 11.9. The minimum Gasteiger partial charge on any atom is -0.506 e. The molecule has 5 N–H and O–H groups in total. The number of ether oxygens (including phenoxy) is 2. The molecule has 0 aliphatic carbocycles. The maximum atomic E-state index is 13.1. The van der Waals surface area contributed by atoms with Gasteiger partial charge in [-0.05, 0) is 99.3 Å². The van der Waals surface area contributed by atoms with Gasteiger partial charge >= 0.3 is 10.0 Å². The van der Waals surface area contributed by atoms with Crippen LogP contribution in [-0.2, 0) is 27.2 Å². The highest BCUT2D eigenvalue weighted by molar-refractivity contribution is 7.98. The molecule has 0 fully saturated rings. The van der Waals surface area contributed by atoms with E-state index in [0.29, 0.717) is 16.1 Å². The van der Waals surface area contributed by atoms with E-state index >= 15 is 0 Å². The number of phenols is 1. The van der Waals surface area contributed by atoms with E-state index < -0.39 is 15.9 Å². The molecule has 0 spiro atoms. The van der Waals surface area contributed by atoms with E-state index in [9.17, 15) is 18.3 Å². The summed E-state index contributed by atoms with van der Waals surface area (Å²) in [7, 11) is -4.37. The molecule has 0 atom stereocenters. The number of nitrogens with two attached hydrogens (primary N) is 1. The fourth-order valence-electron chi connectivity index (χ4n) is 3.91. The molecule has 3 aromatic carbocycles. The van der Waals surface area contributed by atoms with Crippen LogP contribution in [0.4, 0.5) is 5.69 Å². The van der Waals surface area contributed by atoms with Gasteiger partial charge in [0.05, 0.1) is 16.5 Å². The lowest BCUT2D eigenvalue weighted by molar-refractivity contribution is 0.0997. The normalized spacial score (nSPS) is 8.78. The molecule has 1 aromatic heterocycles. The maximum Gasteiger partial charge on any atom is 0.303 e. The predicted molar refractivity (Wildman–Crippen MR) is 202 cm³/mol. The topological polar surface area (TPSA) is 192 Å². The molecule has 55 heavy (non-hydrogen) atoms. The zero-order chi connectivity index (χ0) is 39.3. The van der Waals surface area contributed by atoms with Gasteiger partial charge in [-0.25, -0.2) is 0 Å². The van der Waals surface area contributed by atoms with Crippen LogP contribution < -0.4 is 15.2 Å². The fourth-order valence-corrected chi connectivity index (χ4v) is 5.40. The van der Waals surface area contributed by atoms with Gasteiger partial charge in [0.15, 0.2) is 12.5 Å². The number of rotatable bonds is 10. The number of carbonyl (C=O) groups excluding carboxylic acids is 1. The molecule has 262 valence electrons. The molecule has 0 aliphatic heterocycles. The van der Waals surface area contributed by atoms with E-state index in [2.05, 4.69) is 126 Å². The van der Waals surface area contributed by atoms with Crippen LogP contribution in [0.25, 0.3) is 10.8 Å². The number of aliphatic hydroxyl groups is 1. The van der Waals surface area contributed by atoms with Gasteiger partial charge in [-0.3, -0.25) is 9.52 Å². The Morgan fingerprint density at radius 1 is 0.873 bits per heavy atom. The third kappa shape index (κ3) is 12.3. The monoisotopic (exact) mass is 758 g/mol. The number of aromatic hydroxyl groups is 1. The van der Waals surface area contributed by atoms with Crippen molar-refractivity contribution in [3.8, 4) is 136 Å². The Hall–Kier alpha value is -8.64. The molecule has 4 rings (SSSR count). The van der Waals surface area contributed by atoms with E-state index in [1.54, 1.807) is 36.4 Å². The number of aromatic nitrogens is 4. The minimum absolute atomic E-state index is 0.0123. The Bertz CT molecular complexity index is 2930. The number of hydrogen-bond donors (Lipinski definition) is 4. The van der Waals surface area contributed by atoms with Crippen molar-refractivity contribution < 1.29 is 32.9 Å². The molecule has 1 amide bonds. The summed E-state index contributed by atoms with van der Waals surface area (Å²) in [4.78, 5) is 12.1. The van der Waals surface area contributed by atoms with E-state index in [4.69, 9.17) is 26.7 Å². The molecule has 0 radical (unpaired) electrons. The average Bonchev–Trinajstić information content (AvgIpc) is 3.62. The Kier molecular flexibility index (Phi) is 14.4. The summed E-state index contributed by atoms with van der Waals surface area (Å²) >= 11 is 1.19. The summed E-state index contributed by atoms with van der Waals surface area (Å²) in [5.74, 6) is 36.6. The number of benzene rings is 3. The second-order valence-electron chi connectivity index (χ2n) is 9.58. The number of hydrogen-bond acceptors (Lipinski definition) is 11. The number of aliphatic hydroxyl groups excluding tert-OH is 1. The zero-order valence-corrected chi connectivity index (χ0v) is 29.4. The van der Waals surface area contributed by atoms with Crippen LogP contribution in [0, 0.1) is 119 Å². The first-order valence-corrected chi connectivity index (χ1v) is 17.2. The van der Waals surface area contributed by atoms with Crippen molar-refractivity contribution in [1.29, 1.82) is 0 Å². The van der Waals surface area contributed by atoms with Gasteiger partial charge in [0, 0.05) is 46.1 Å². The molecule has 0 aliphatic rings. The van der Waals surface area contributed by atoms with Gasteiger partial charge in [-0.15, -0.1) is 11.5 Å². The van der Waals surface area contributed by atoms with Gasteiger partial charge in [0.25, 0.3) is 5.91 Å². The summed E-state index contributed by atoms with van der Waals surface area (Å²) in [6, 6.07) is 12.5. The fraction of sp³-hybridized carbons (Fsp3) is 0.0500. The van der Waals surface area contributed by atoms with Crippen LogP contribution >= 0.6 is 11.8 Å². The van der Waals surface area contributed by atoms with Gasteiger partial charge in [0.1, 0.15) is 23.7 Å². The third-order valence-electron chi connectivity index (χ3n) is 6.05. The molecule has 13 nitrogen and oxygen atoms in total. The first-order chi connectivity index (χ1) is 26.7. The number of nitrogens with zero attached hydrogens (tertiary/aromatic N) is 4. The van der Waals surface area contributed by atoms with Crippen molar-refractivity contribution in [3.63, 3.8) is 0 Å². The number of anilines is 1. The highest BCUT2D eigenvalue weighted by atomic mass is 32.2. The molecule has 0 unspecified atom stereocenters. The van der Waals surface area contributed by atoms with E-state index in [1.165, 1.54) is 34.6 Å². The summed E-state index contributed by atoms with van der Waals surface area (Å²) < 4.78 is 41.2. The lowest BCUT2D eigenvalue weighted by Gasteiger charge is -2.16. The van der Waals surface area contributed by atoms with Gasteiger partial charge < -0.3 is 25.4 Å². The summed E-state index contributed by atoms with van der Waals surface area (Å²) in [6.07, 6.45) is 8.87. The number of carbonyl (C=O) groups is 1.